The van der Waals surface area contributed by atoms with E-state index in [4.69, 9.17) is 0 Å². The largest absolute Gasteiger partial charge is 0.341 e. The van der Waals surface area contributed by atoms with Crippen LogP contribution >= 0.6 is 0 Å². The molecule has 3 aliphatic heterocycles. The van der Waals surface area contributed by atoms with Gasteiger partial charge < -0.3 is 25.3 Å². The molecule has 2 N–H and O–H groups in total. The molecule has 4 amide bonds. The molecule has 3 aliphatic rings. The van der Waals surface area contributed by atoms with E-state index < -0.39 is 11.5 Å². The zero-order valence-corrected chi connectivity index (χ0v) is 23.4. The van der Waals surface area contributed by atoms with Gasteiger partial charge >= 0.3 is 6.03 Å². The predicted octanol–water partition coefficient (Wildman–Crippen LogP) is 3.31. The summed E-state index contributed by atoms with van der Waals surface area (Å²) in [5, 5.41) is 6.43. The number of likely N-dealkylation sites (tertiary alicyclic amines) is 1. The lowest BCUT2D eigenvalue weighted by molar-refractivity contribution is -0.134. The summed E-state index contributed by atoms with van der Waals surface area (Å²) in [6.45, 7) is 9.18. The number of piperazine rings is 1. The molecule has 208 valence electrons. The molecule has 8 nitrogen and oxygen atoms in total. The molecule has 8 heteroatoms. The van der Waals surface area contributed by atoms with E-state index >= 15 is 0 Å². The molecule has 2 atom stereocenters. The van der Waals surface area contributed by atoms with Crippen molar-refractivity contribution >= 4 is 23.5 Å². The van der Waals surface area contributed by atoms with Gasteiger partial charge in [-0.3, -0.25) is 9.59 Å². The number of rotatable bonds is 6. The predicted molar refractivity (Wildman–Crippen MR) is 153 cm³/mol. The van der Waals surface area contributed by atoms with Gasteiger partial charge in [-0.1, -0.05) is 48.5 Å². The average molecular weight is 532 g/mol. The molecule has 2 fully saturated rings. The van der Waals surface area contributed by atoms with Crippen molar-refractivity contribution in [3.63, 3.8) is 0 Å². The van der Waals surface area contributed by atoms with Crippen LogP contribution in [-0.2, 0) is 21.4 Å². The minimum atomic E-state index is -0.590. The fourth-order valence-corrected chi connectivity index (χ4v) is 6.24. The number of anilines is 1. The number of nitrogens with zero attached hydrogens (tertiary/aromatic N) is 3. The second-order valence-corrected chi connectivity index (χ2v) is 11.7. The molecule has 0 unspecified atom stereocenters. The first kappa shape index (κ1) is 27.2. The number of para-hydroxylation sites is 1. The lowest BCUT2D eigenvalue weighted by Crippen LogP contribution is -2.58. The molecule has 0 saturated carbocycles. The number of piperidine rings is 1. The monoisotopic (exact) mass is 531 g/mol. The van der Waals surface area contributed by atoms with Crippen LogP contribution in [0.5, 0.6) is 0 Å². The summed E-state index contributed by atoms with van der Waals surface area (Å²) < 4.78 is 0. The van der Waals surface area contributed by atoms with Crippen LogP contribution in [0.3, 0.4) is 0 Å². The van der Waals surface area contributed by atoms with Crippen LogP contribution in [-0.4, -0.2) is 78.5 Å². The molecular formula is C31H41N5O3. The lowest BCUT2D eigenvalue weighted by atomic mass is 9.86. The van der Waals surface area contributed by atoms with Crippen molar-refractivity contribution in [2.75, 3.05) is 37.6 Å². The SMILES string of the molecule is C[C@H]1CN(C(=O)N[C@H](CCc2ccccc2)C(=O)N2CCC(N3C(=O)C(C)(C)c4ccccc43)CC2)CCN1. The standard InChI is InChI=1S/C31H41N5O3/c1-22-21-35(20-17-32-22)30(39)33-26(14-13-23-9-5-4-6-10-23)28(37)34-18-15-24(16-19-34)36-27-12-8-7-11-25(27)31(2,3)29(36)38/h4-12,22,24,26,32H,13-21H2,1-3H3,(H,33,39)/t22-,26+/m0/s1. The van der Waals surface area contributed by atoms with E-state index in [-0.39, 0.29) is 29.9 Å². The maximum atomic E-state index is 13.8. The van der Waals surface area contributed by atoms with Crippen molar-refractivity contribution in [1.29, 1.82) is 0 Å². The van der Waals surface area contributed by atoms with E-state index in [2.05, 4.69) is 29.7 Å². The Balaban J connectivity index is 1.25. The van der Waals surface area contributed by atoms with E-state index in [0.29, 0.717) is 39.0 Å². The molecule has 2 aromatic rings. The van der Waals surface area contributed by atoms with Crippen molar-refractivity contribution in [2.45, 2.75) is 70.0 Å². The van der Waals surface area contributed by atoms with Gasteiger partial charge in [-0.05, 0) is 63.6 Å². The molecule has 2 aromatic carbocycles. The Labute approximate surface area is 231 Å². The lowest BCUT2D eigenvalue weighted by Gasteiger charge is -2.39. The van der Waals surface area contributed by atoms with E-state index in [0.717, 1.165) is 36.2 Å². The van der Waals surface area contributed by atoms with Gasteiger partial charge in [-0.2, -0.15) is 0 Å². The summed E-state index contributed by atoms with van der Waals surface area (Å²) in [5.41, 5.74) is 2.67. The molecule has 0 spiro atoms. The normalized spacial score (nSPS) is 22.0. The Hall–Kier alpha value is -3.39. The molecular weight excluding hydrogens is 490 g/mol. The summed E-state index contributed by atoms with van der Waals surface area (Å²) in [5.74, 6) is 0.0983. The van der Waals surface area contributed by atoms with Gasteiger partial charge in [0, 0.05) is 50.5 Å². The third-order valence-electron chi connectivity index (χ3n) is 8.55. The van der Waals surface area contributed by atoms with Crippen LogP contribution in [0.2, 0.25) is 0 Å². The quantitative estimate of drug-likeness (QED) is 0.599. The molecule has 3 heterocycles. The van der Waals surface area contributed by atoms with Crippen molar-refractivity contribution in [3.05, 3.63) is 65.7 Å². The summed E-state index contributed by atoms with van der Waals surface area (Å²) >= 11 is 0. The van der Waals surface area contributed by atoms with Crippen LogP contribution < -0.4 is 15.5 Å². The highest BCUT2D eigenvalue weighted by atomic mass is 16.2. The molecule has 0 aromatic heterocycles. The zero-order chi connectivity index (χ0) is 27.6. The van der Waals surface area contributed by atoms with Crippen LogP contribution in [0.15, 0.2) is 54.6 Å². The molecule has 0 bridgehead atoms. The van der Waals surface area contributed by atoms with Crippen LogP contribution in [0.4, 0.5) is 10.5 Å². The molecule has 0 aliphatic carbocycles. The summed E-state index contributed by atoms with van der Waals surface area (Å²) in [7, 11) is 0. The van der Waals surface area contributed by atoms with E-state index in [9.17, 15) is 14.4 Å². The number of hydrogen-bond donors (Lipinski definition) is 2. The summed E-state index contributed by atoms with van der Waals surface area (Å²) in [6, 6.07) is 17.7. The summed E-state index contributed by atoms with van der Waals surface area (Å²) in [6.07, 6.45) is 2.69. The number of aryl methyl sites for hydroxylation is 1. The van der Waals surface area contributed by atoms with E-state index in [1.54, 1.807) is 4.90 Å². The number of amides is 4. The molecule has 39 heavy (non-hydrogen) atoms. The topological polar surface area (TPSA) is 85.0 Å². The minimum absolute atomic E-state index is 0.0330. The zero-order valence-electron chi connectivity index (χ0n) is 23.4. The molecule has 5 rings (SSSR count). The first-order chi connectivity index (χ1) is 18.8. The van der Waals surface area contributed by atoms with Gasteiger partial charge in [-0.15, -0.1) is 0 Å². The maximum Gasteiger partial charge on any atom is 0.318 e. The Morgan fingerprint density at radius 3 is 2.41 bits per heavy atom. The van der Waals surface area contributed by atoms with Crippen molar-refractivity contribution < 1.29 is 14.4 Å². The van der Waals surface area contributed by atoms with Gasteiger partial charge in [0.15, 0.2) is 0 Å². The fraction of sp³-hybridized carbons (Fsp3) is 0.516. The number of carbonyl (C=O) groups is 3. The Morgan fingerprint density at radius 2 is 1.69 bits per heavy atom. The third kappa shape index (κ3) is 5.66. The van der Waals surface area contributed by atoms with E-state index in [1.807, 2.05) is 66.1 Å². The smallest absolute Gasteiger partial charge is 0.318 e. The highest BCUT2D eigenvalue weighted by Gasteiger charge is 2.47. The van der Waals surface area contributed by atoms with Gasteiger partial charge in [0.05, 0.1) is 5.41 Å². The number of hydrogen-bond acceptors (Lipinski definition) is 4. The Morgan fingerprint density at radius 1 is 1.00 bits per heavy atom. The number of fused-ring (bicyclic) bond motifs is 1. The summed E-state index contributed by atoms with van der Waals surface area (Å²) in [4.78, 5) is 46.0. The number of nitrogens with one attached hydrogen (secondary N) is 2. The molecule has 0 radical (unpaired) electrons. The number of urea groups is 1. The highest BCUT2D eigenvalue weighted by molar-refractivity contribution is 6.08. The van der Waals surface area contributed by atoms with Crippen molar-refractivity contribution in [1.82, 2.24) is 20.4 Å². The first-order valence-corrected chi connectivity index (χ1v) is 14.3. The second kappa shape index (κ2) is 11.4. The van der Waals surface area contributed by atoms with Crippen LogP contribution in [0.25, 0.3) is 0 Å². The highest BCUT2D eigenvalue weighted by Crippen LogP contribution is 2.43. The van der Waals surface area contributed by atoms with Crippen molar-refractivity contribution in [2.24, 2.45) is 0 Å². The minimum Gasteiger partial charge on any atom is -0.341 e. The van der Waals surface area contributed by atoms with Crippen LogP contribution in [0.1, 0.15) is 51.2 Å². The van der Waals surface area contributed by atoms with Crippen molar-refractivity contribution in [3.8, 4) is 0 Å². The Kier molecular flexibility index (Phi) is 7.93. The molecule has 2 saturated heterocycles. The number of benzene rings is 2. The third-order valence-corrected chi connectivity index (χ3v) is 8.55. The first-order valence-electron chi connectivity index (χ1n) is 14.3. The van der Waals surface area contributed by atoms with Gasteiger partial charge in [0.2, 0.25) is 11.8 Å². The Bertz CT molecular complexity index is 1190. The van der Waals surface area contributed by atoms with Gasteiger partial charge in [0.25, 0.3) is 0 Å². The maximum absolute atomic E-state index is 13.8. The van der Waals surface area contributed by atoms with Crippen LogP contribution in [0, 0.1) is 0 Å². The number of carbonyl (C=O) groups excluding carboxylic acids is 3. The average Bonchev–Trinajstić information content (AvgIpc) is 3.16. The second-order valence-electron chi connectivity index (χ2n) is 11.7. The van der Waals surface area contributed by atoms with E-state index in [1.165, 1.54) is 0 Å². The fourth-order valence-electron chi connectivity index (χ4n) is 6.24. The van der Waals surface area contributed by atoms with Gasteiger partial charge in [0.1, 0.15) is 6.04 Å². The van der Waals surface area contributed by atoms with Gasteiger partial charge in [-0.25, -0.2) is 4.79 Å².